The van der Waals surface area contributed by atoms with Crippen molar-refractivity contribution in [2.75, 3.05) is 13.7 Å². The van der Waals surface area contributed by atoms with Gasteiger partial charge in [0.2, 0.25) is 0 Å². The molecule has 0 heterocycles. The maximum atomic E-state index is 11.9. The van der Waals surface area contributed by atoms with E-state index in [4.69, 9.17) is 21.1 Å². The molecular weight excluding hydrogens is 328 g/mol. The normalized spacial score (nSPS) is 10.6. The molecule has 126 valence electrons. The summed E-state index contributed by atoms with van der Waals surface area (Å²) in [6.45, 7) is 2.63. The van der Waals surface area contributed by atoms with Gasteiger partial charge in [0, 0.05) is 10.6 Å². The predicted octanol–water partition coefficient (Wildman–Crippen LogP) is 3.90. The average Bonchev–Trinajstić information content (AvgIpc) is 2.60. The molecule has 24 heavy (non-hydrogen) atoms. The van der Waals surface area contributed by atoms with E-state index in [1.165, 1.54) is 0 Å². The number of rotatable bonds is 7. The molecule has 0 atom stereocenters. The number of hydrazone groups is 1. The number of ether oxygens (including phenoxy) is 2. The van der Waals surface area contributed by atoms with Gasteiger partial charge in [0.25, 0.3) is 5.91 Å². The van der Waals surface area contributed by atoms with Gasteiger partial charge < -0.3 is 9.47 Å². The van der Waals surface area contributed by atoms with Gasteiger partial charge in [-0.1, -0.05) is 18.5 Å². The smallest absolute Gasteiger partial charge is 0.271 e. The van der Waals surface area contributed by atoms with Crippen LogP contribution in [-0.4, -0.2) is 25.8 Å². The number of benzene rings is 2. The van der Waals surface area contributed by atoms with Gasteiger partial charge >= 0.3 is 0 Å². The number of carbonyl (C=O) groups excluding carboxylic acids is 1. The molecule has 0 aliphatic heterocycles. The molecule has 0 fully saturated rings. The zero-order valence-corrected chi connectivity index (χ0v) is 14.3. The van der Waals surface area contributed by atoms with E-state index in [1.807, 2.05) is 19.1 Å². The van der Waals surface area contributed by atoms with Gasteiger partial charge in [-0.25, -0.2) is 5.43 Å². The summed E-state index contributed by atoms with van der Waals surface area (Å²) in [6.07, 6.45) is 2.45. The molecule has 1 N–H and O–H groups in total. The fourth-order valence-corrected chi connectivity index (χ4v) is 2.06. The molecule has 0 saturated heterocycles. The minimum atomic E-state index is -0.307. The van der Waals surface area contributed by atoms with E-state index < -0.39 is 0 Å². The van der Waals surface area contributed by atoms with Crippen molar-refractivity contribution in [3.05, 3.63) is 58.6 Å². The van der Waals surface area contributed by atoms with Crippen LogP contribution < -0.4 is 14.9 Å². The quantitative estimate of drug-likeness (QED) is 0.611. The van der Waals surface area contributed by atoms with E-state index in [0.717, 1.165) is 12.0 Å². The molecular formula is C18H19ClN2O3. The Kier molecular flexibility index (Phi) is 6.63. The first kappa shape index (κ1) is 17.8. The Bertz CT molecular complexity index is 715. The lowest BCUT2D eigenvalue weighted by Gasteiger charge is -2.10. The molecule has 0 unspecified atom stereocenters. The standard InChI is InChI=1S/C18H19ClN2O3/c1-3-10-24-17-11-13(4-9-16(17)23-2)12-20-21-18(22)14-5-7-15(19)8-6-14/h4-9,11-12H,3,10H2,1-2H3,(H,21,22)/b20-12-. The number of nitrogens with zero attached hydrogens (tertiary/aromatic N) is 1. The summed E-state index contributed by atoms with van der Waals surface area (Å²) >= 11 is 5.79. The van der Waals surface area contributed by atoms with Crippen LogP contribution >= 0.6 is 11.6 Å². The Labute approximate surface area is 146 Å². The number of hydrogen-bond donors (Lipinski definition) is 1. The summed E-state index contributed by atoms with van der Waals surface area (Å²) in [6, 6.07) is 12.0. The Balaban J connectivity index is 2.03. The highest BCUT2D eigenvalue weighted by molar-refractivity contribution is 6.30. The Morgan fingerprint density at radius 3 is 2.62 bits per heavy atom. The zero-order valence-electron chi connectivity index (χ0n) is 13.6. The summed E-state index contributed by atoms with van der Waals surface area (Å²) in [5.74, 6) is 0.997. The summed E-state index contributed by atoms with van der Waals surface area (Å²) in [4.78, 5) is 11.9. The van der Waals surface area contributed by atoms with Crippen LogP contribution in [0.5, 0.6) is 11.5 Å². The van der Waals surface area contributed by atoms with E-state index in [1.54, 1.807) is 43.7 Å². The number of methoxy groups -OCH3 is 1. The minimum absolute atomic E-state index is 0.307. The lowest BCUT2D eigenvalue weighted by atomic mass is 10.2. The van der Waals surface area contributed by atoms with Crippen molar-refractivity contribution in [3.8, 4) is 11.5 Å². The van der Waals surface area contributed by atoms with Crippen LogP contribution in [0.1, 0.15) is 29.3 Å². The van der Waals surface area contributed by atoms with Crippen LogP contribution in [0, 0.1) is 0 Å². The van der Waals surface area contributed by atoms with Gasteiger partial charge in [-0.15, -0.1) is 0 Å². The monoisotopic (exact) mass is 346 g/mol. The van der Waals surface area contributed by atoms with Crippen molar-refractivity contribution in [1.82, 2.24) is 5.43 Å². The molecule has 1 amide bonds. The van der Waals surface area contributed by atoms with E-state index >= 15 is 0 Å². The van der Waals surface area contributed by atoms with Gasteiger partial charge in [0.05, 0.1) is 19.9 Å². The van der Waals surface area contributed by atoms with E-state index in [9.17, 15) is 4.79 Å². The summed E-state index contributed by atoms with van der Waals surface area (Å²) in [5, 5.41) is 4.54. The predicted molar refractivity (Wildman–Crippen MR) is 95.3 cm³/mol. The largest absolute Gasteiger partial charge is 0.493 e. The number of hydrogen-bond acceptors (Lipinski definition) is 4. The fraction of sp³-hybridized carbons (Fsp3) is 0.222. The second kappa shape index (κ2) is 8.93. The maximum absolute atomic E-state index is 11.9. The molecule has 2 aromatic carbocycles. The van der Waals surface area contributed by atoms with Crippen LogP contribution in [0.25, 0.3) is 0 Å². The molecule has 0 saturated carbocycles. The second-order valence-electron chi connectivity index (χ2n) is 4.96. The van der Waals surface area contributed by atoms with Crippen molar-refractivity contribution >= 4 is 23.7 Å². The first-order chi connectivity index (χ1) is 11.6. The third-order valence-corrected chi connectivity index (χ3v) is 3.39. The highest BCUT2D eigenvalue weighted by atomic mass is 35.5. The number of halogens is 1. The Hall–Kier alpha value is -2.53. The molecule has 0 bridgehead atoms. The molecule has 2 aromatic rings. The summed E-state index contributed by atoms with van der Waals surface area (Å²) < 4.78 is 10.9. The molecule has 0 aromatic heterocycles. The van der Waals surface area contributed by atoms with Gasteiger partial charge in [-0.2, -0.15) is 5.10 Å². The average molecular weight is 347 g/mol. The van der Waals surface area contributed by atoms with Crippen molar-refractivity contribution in [1.29, 1.82) is 0 Å². The van der Waals surface area contributed by atoms with Crippen LogP contribution in [0.4, 0.5) is 0 Å². The van der Waals surface area contributed by atoms with Gasteiger partial charge in [-0.3, -0.25) is 4.79 Å². The van der Waals surface area contributed by atoms with Crippen LogP contribution in [0.2, 0.25) is 5.02 Å². The maximum Gasteiger partial charge on any atom is 0.271 e. The fourth-order valence-electron chi connectivity index (χ4n) is 1.93. The summed E-state index contributed by atoms with van der Waals surface area (Å²) in [7, 11) is 1.59. The summed E-state index contributed by atoms with van der Waals surface area (Å²) in [5.41, 5.74) is 3.75. The van der Waals surface area contributed by atoms with Gasteiger partial charge in [0.1, 0.15) is 0 Å². The molecule has 2 rings (SSSR count). The van der Waals surface area contributed by atoms with Crippen molar-refractivity contribution < 1.29 is 14.3 Å². The van der Waals surface area contributed by atoms with Crippen molar-refractivity contribution in [2.45, 2.75) is 13.3 Å². The first-order valence-electron chi connectivity index (χ1n) is 7.54. The molecule has 0 aliphatic rings. The second-order valence-corrected chi connectivity index (χ2v) is 5.40. The van der Waals surface area contributed by atoms with Crippen LogP contribution in [0.15, 0.2) is 47.6 Å². The SMILES string of the molecule is CCCOc1cc(/C=N\NC(=O)c2ccc(Cl)cc2)ccc1OC. The third-order valence-electron chi connectivity index (χ3n) is 3.14. The third kappa shape index (κ3) is 4.99. The molecule has 6 heteroatoms. The van der Waals surface area contributed by atoms with Crippen LogP contribution in [-0.2, 0) is 0 Å². The molecule has 0 aliphatic carbocycles. The zero-order chi connectivity index (χ0) is 17.4. The van der Waals surface area contributed by atoms with Gasteiger partial charge in [-0.05, 0) is 54.4 Å². The number of carbonyl (C=O) groups is 1. The van der Waals surface area contributed by atoms with Crippen molar-refractivity contribution in [2.24, 2.45) is 5.10 Å². The number of nitrogens with one attached hydrogen (secondary N) is 1. The first-order valence-corrected chi connectivity index (χ1v) is 7.91. The Morgan fingerprint density at radius 2 is 1.96 bits per heavy atom. The lowest BCUT2D eigenvalue weighted by molar-refractivity contribution is 0.0955. The topological polar surface area (TPSA) is 59.9 Å². The van der Waals surface area contributed by atoms with E-state index in [-0.39, 0.29) is 5.91 Å². The van der Waals surface area contributed by atoms with E-state index in [2.05, 4.69) is 10.5 Å². The molecule has 0 radical (unpaired) electrons. The van der Waals surface area contributed by atoms with E-state index in [0.29, 0.717) is 28.7 Å². The van der Waals surface area contributed by atoms with Crippen LogP contribution in [0.3, 0.4) is 0 Å². The number of amides is 1. The minimum Gasteiger partial charge on any atom is -0.493 e. The highest BCUT2D eigenvalue weighted by Gasteiger charge is 2.06. The van der Waals surface area contributed by atoms with Crippen molar-refractivity contribution in [3.63, 3.8) is 0 Å². The Morgan fingerprint density at radius 1 is 1.21 bits per heavy atom. The molecule has 0 spiro atoms. The van der Waals surface area contributed by atoms with Gasteiger partial charge in [0.15, 0.2) is 11.5 Å². The lowest BCUT2D eigenvalue weighted by Crippen LogP contribution is -2.17. The highest BCUT2D eigenvalue weighted by Crippen LogP contribution is 2.27. The molecule has 5 nitrogen and oxygen atoms in total.